The normalized spacial score (nSPS) is 23.3. The molecule has 2 amide bonds. The number of piperazine rings is 1. The fourth-order valence-corrected chi connectivity index (χ4v) is 7.39. The molecule has 1 saturated carbocycles. The highest BCUT2D eigenvalue weighted by molar-refractivity contribution is 7.89. The van der Waals surface area contributed by atoms with Crippen molar-refractivity contribution < 1.29 is 23.1 Å². The zero-order valence-corrected chi connectivity index (χ0v) is 24.6. The maximum atomic E-state index is 13.7. The van der Waals surface area contributed by atoms with Gasteiger partial charge in [-0.1, -0.05) is 50.8 Å². The van der Waals surface area contributed by atoms with Crippen molar-refractivity contribution in [2.75, 3.05) is 32.7 Å². The number of carbonyl (C=O) groups excluding carboxylic acids is 2. The number of aliphatic hydroxyl groups is 1. The van der Waals surface area contributed by atoms with Crippen LogP contribution in [-0.4, -0.2) is 85.5 Å². The lowest BCUT2D eigenvalue weighted by Crippen LogP contribution is -2.75. The topological polar surface area (TPSA) is 119 Å². The van der Waals surface area contributed by atoms with E-state index in [1.165, 1.54) is 0 Å². The molecule has 0 unspecified atom stereocenters. The number of sulfonamides is 1. The summed E-state index contributed by atoms with van der Waals surface area (Å²) in [6.45, 7) is 4.96. The summed E-state index contributed by atoms with van der Waals surface area (Å²) in [6.07, 6.45) is 7.71. The minimum absolute atomic E-state index is 0. The van der Waals surface area contributed by atoms with E-state index in [0.29, 0.717) is 52.0 Å². The van der Waals surface area contributed by atoms with E-state index in [1.54, 1.807) is 35.2 Å². The molecule has 39 heavy (non-hydrogen) atoms. The van der Waals surface area contributed by atoms with Gasteiger partial charge in [0.15, 0.2) is 0 Å². The molecule has 1 aromatic rings. The predicted molar refractivity (Wildman–Crippen MR) is 153 cm³/mol. The highest BCUT2D eigenvalue weighted by atomic mass is 35.5. The number of amides is 2. The van der Waals surface area contributed by atoms with Gasteiger partial charge in [-0.15, -0.1) is 12.4 Å². The van der Waals surface area contributed by atoms with Crippen LogP contribution >= 0.6 is 12.4 Å². The summed E-state index contributed by atoms with van der Waals surface area (Å²) in [7, 11) is -3.52. The molecule has 11 heteroatoms. The summed E-state index contributed by atoms with van der Waals surface area (Å²) in [5.41, 5.74) is -0.875. The molecule has 2 saturated heterocycles. The number of carbonyl (C=O) groups is 2. The smallest absolute Gasteiger partial charge is 0.248 e. The lowest BCUT2D eigenvalue weighted by molar-refractivity contribution is -0.165. The van der Waals surface area contributed by atoms with E-state index in [1.807, 2.05) is 0 Å². The maximum Gasteiger partial charge on any atom is 0.248 e. The first kappa shape index (κ1) is 31.8. The molecule has 3 fully saturated rings. The minimum Gasteiger partial charge on any atom is -0.390 e. The third-order valence-corrected chi connectivity index (χ3v) is 10.1. The molecule has 2 aliphatic heterocycles. The van der Waals surface area contributed by atoms with E-state index >= 15 is 0 Å². The van der Waals surface area contributed by atoms with Crippen LogP contribution in [0.2, 0.25) is 0 Å². The van der Waals surface area contributed by atoms with Gasteiger partial charge in [-0.05, 0) is 63.1 Å². The molecule has 0 radical (unpaired) electrons. The molecule has 1 spiro atoms. The first-order valence-corrected chi connectivity index (χ1v) is 15.8. The first-order chi connectivity index (χ1) is 18.3. The predicted octanol–water partition coefficient (Wildman–Crippen LogP) is 2.68. The van der Waals surface area contributed by atoms with E-state index in [9.17, 15) is 23.1 Å². The summed E-state index contributed by atoms with van der Waals surface area (Å²) >= 11 is 0. The van der Waals surface area contributed by atoms with Crippen molar-refractivity contribution in [1.82, 2.24) is 19.8 Å². The molecule has 3 N–H and O–H groups in total. The van der Waals surface area contributed by atoms with Crippen LogP contribution in [0.25, 0.3) is 0 Å². The van der Waals surface area contributed by atoms with Crippen molar-refractivity contribution in [1.29, 1.82) is 0 Å². The Morgan fingerprint density at radius 1 is 1.05 bits per heavy atom. The average Bonchev–Trinajstić information content (AvgIpc) is 2.94. The van der Waals surface area contributed by atoms with Gasteiger partial charge >= 0.3 is 0 Å². The molecule has 2 heterocycles. The zero-order chi connectivity index (χ0) is 27.2. The van der Waals surface area contributed by atoms with Crippen LogP contribution in [-0.2, 0) is 19.6 Å². The Kier molecular flexibility index (Phi) is 11.6. The van der Waals surface area contributed by atoms with Crippen LogP contribution in [0.4, 0.5) is 0 Å². The van der Waals surface area contributed by atoms with E-state index in [-0.39, 0.29) is 35.0 Å². The van der Waals surface area contributed by atoms with Crippen LogP contribution in [0.1, 0.15) is 71.1 Å². The van der Waals surface area contributed by atoms with Crippen molar-refractivity contribution >= 4 is 34.2 Å². The summed E-state index contributed by atoms with van der Waals surface area (Å²) in [6, 6.07) is 7.48. The number of halogens is 1. The largest absolute Gasteiger partial charge is 0.390 e. The molecule has 4 rings (SSSR count). The Bertz CT molecular complexity index is 1040. The van der Waals surface area contributed by atoms with Crippen LogP contribution in [0, 0.1) is 5.92 Å². The Morgan fingerprint density at radius 3 is 2.36 bits per heavy atom. The number of hydrogen-bond donors (Lipinski definition) is 3. The molecular weight excluding hydrogens is 540 g/mol. The van der Waals surface area contributed by atoms with E-state index in [2.05, 4.69) is 21.9 Å². The van der Waals surface area contributed by atoms with Crippen molar-refractivity contribution in [3.63, 3.8) is 0 Å². The summed E-state index contributed by atoms with van der Waals surface area (Å²) < 4.78 is 27.5. The van der Waals surface area contributed by atoms with Gasteiger partial charge in [0, 0.05) is 26.2 Å². The number of piperidine rings is 1. The standard InChI is InChI=1S/C28H44N4O5S.ClH/c1-2-3-19-32-26(34)24(25(33)22-11-6-4-7-12-22)30-27(35)28(32)15-20-31(21-16-28)18-10-17-29-38(36,37)23-13-8-5-9-14-23;/h5,8-9,13-14,22,24-25,29,33H,2-4,6-7,10-12,15-21H2,1H3,(H,30,35);1H/t24-,25-;/m1./s1. The van der Waals surface area contributed by atoms with Crippen molar-refractivity contribution in [3.05, 3.63) is 30.3 Å². The quantitative estimate of drug-likeness (QED) is 0.344. The Morgan fingerprint density at radius 2 is 1.72 bits per heavy atom. The molecule has 1 aliphatic carbocycles. The fraction of sp³-hybridized carbons (Fsp3) is 0.714. The Hall–Kier alpha value is -1.72. The highest BCUT2D eigenvalue weighted by Crippen LogP contribution is 2.36. The average molecular weight is 585 g/mol. The van der Waals surface area contributed by atoms with E-state index in [0.717, 1.165) is 44.9 Å². The zero-order valence-electron chi connectivity index (χ0n) is 23.0. The van der Waals surface area contributed by atoms with Crippen LogP contribution in [0.3, 0.4) is 0 Å². The second-order valence-electron chi connectivity index (χ2n) is 11.1. The van der Waals surface area contributed by atoms with Gasteiger partial charge in [0.1, 0.15) is 11.6 Å². The molecule has 3 aliphatic rings. The number of rotatable bonds is 11. The SMILES string of the molecule is CCCCN1C(=O)[C@@H]([C@H](O)C2CCCCC2)NC(=O)C12CCN(CCCNS(=O)(=O)c1ccccc1)CC2.Cl. The molecule has 0 bridgehead atoms. The molecule has 2 atom stereocenters. The first-order valence-electron chi connectivity index (χ1n) is 14.4. The number of unbranched alkanes of at least 4 members (excludes halogenated alkanes) is 1. The maximum absolute atomic E-state index is 13.7. The third-order valence-electron chi connectivity index (χ3n) is 8.65. The molecule has 220 valence electrons. The molecule has 9 nitrogen and oxygen atoms in total. The van der Waals surface area contributed by atoms with Gasteiger partial charge in [0.05, 0.1) is 11.0 Å². The van der Waals surface area contributed by atoms with Crippen molar-refractivity contribution in [3.8, 4) is 0 Å². The van der Waals surface area contributed by atoms with Crippen LogP contribution in [0.5, 0.6) is 0 Å². The van der Waals surface area contributed by atoms with Crippen LogP contribution in [0.15, 0.2) is 35.2 Å². The van der Waals surface area contributed by atoms with E-state index in [4.69, 9.17) is 0 Å². The van der Waals surface area contributed by atoms with Crippen molar-refractivity contribution in [2.45, 2.75) is 93.7 Å². The number of hydrogen-bond acceptors (Lipinski definition) is 6. The van der Waals surface area contributed by atoms with Gasteiger partial charge in [-0.2, -0.15) is 0 Å². The summed E-state index contributed by atoms with van der Waals surface area (Å²) in [5.74, 6) is -0.218. The van der Waals surface area contributed by atoms with Gasteiger partial charge in [0.2, 0.25) is 21.8 Å². The van der Waals surface area contributed by atoms with Gasteiger partial charge in [-0.3, -0.25) is 9.59 Å². The van der Waals surface area contributed by atoms with Gasteiger partial charge in [0.25, 0.3) is 0 Å². The number of likely N-dealkylation sites (tertiary alicyclic amines) is 1. The Labute approximate surface area is 239 Å². The van der Waals surface area contributed by atoms with Crippen molar-refractivity contribution in [2.24, 2.45) is 5.92 Å². The van der Waals surface area contributed by atoms with Crippen LogP contribution < -0.4 is 10.0 Å². The van der Waals surface area contributed by atoms with Gasteiger partial charge in [-0.25, -0.2) is 13.1 Å². The number of nitrogens with one attached hydrogen (secondary N) is 2. The monoisotopic (exact) mass is 584 g/mol. The van der Waals surface area contributed by atoms with E-state index < -0.39 is 27.7 Å². The second-order valence-corrected chi connectivity index (χ2v) is 12.9. The fourth-order valence-electron chi connectivity index (χ4n) is 6.29. The number of benzene rings is 1. The lowest BCUT2D eigenvalue weighted by Gasteiger charge is -2.52. The highest BCUT2D eigenvalue weighted by Gasteiger charge is 2.55. The lowest BCUT2D eigenvalue weighted by atomic mass is 9.78. The second kappa shape index (κ2) is 14.3. The Balaban J connectivity index is 0.00000420. The summed E-state index contributed by atoms with van der Waals surface area (Å²) in [4.78, 5) is 31.6. The van der Waals surface area contributed by atoms with Gasteiger partial charge < -0.3 is 20.2 Å². The number of nitrogens with zero attached hydrogens (tertiary/aromatic N) is 2. The molecular formula is C28H45ClN4O5S. The minimum atomic E-state index is -3.52. The summed E-state index contributed by atoms with van der Waals surface area (Å²) in [5, 5.41) is 14.0. The molecule has 0 aromatic heterocycles. The third kappa shape index (κ3) is 7.33. The molecule has 1 aromatic carbocycles. The number of aliphatic hydroxyl groups excluding tert-OH is 1.